The first-order valence-corrected chi connectivity index (χ1v) is 5.34. The number of hydrogen-bond acceptors (Lipinski definition) is 4. The molecule has 86 valence electrons. The van der Waals surface area contributed by atoms with Gasteiger partial charge in [-0.25, -0.2) is 4.98 Å². The molecule has 0 saturated carbocycles. The molecule has 4 nitrogen and oxygen atoms in total. The van der Waals surface area contributed by atoms with Crippen molar-refractivity contribution < 1.29 is 9.52 Å². The van der Waals surface area contributed by atoms with E-state index in [2.05, 4.69) is 9.88 Å². The first-order valence-electron chi connectivity index (χ1n) is 5.34. The molecule has 1 N–H and O–H groups in total. The van der Waals surface area contributed by atoms with E-state index in [0.29, 0.717) is 12.4 Å². The normalized spacial score (nSPS) is 11.5. The van der Waals surface area contributed by atoms with Gasteiger partial charge in [0, 0.05) is 20.0 Å². The fourth-order valence-electron chi connectivity index (χ4n) is 1.74. The van der Waals surface area contributed by atoms with Gasteiger partial charge in [0.2, 0.25) is 0 Å². The van der Waals surface area contributed by atoms with E-state index in [4.69, 9.17) is 9.52 Å². The van der Waals surface area contributed by atoms with E-state index < -0.39 is 0 Å². The van der Waals surface area contributed by atoms with E-state index in [1.165, 1.54) is 5.56 Å². The summed E-state index contributed by atoms with van der Waals surface area (Å²) in [5, 5.41) is 8.82. The summed E-state index contributed by atoms with van der Waals surface area (Å²) in [5.74, 6) is 0.691. The minimum Gasteiger partial charge on any atom is -0.441 e. The second kappa shape index (κ2) is 4.63. The Morgan fingerprint density at radius 3 is 3.00 bits per heavy atom. The maximum Gasteiger partial charge on any atom is 0.192 e. The molecule has 0 fully saturated rings. The Morgan fingerprint density at radius 1 is 1.44 bits per heavy atom. The van der Waals surface area contributed by atoms with Gasteiger partial charge in [0.1, 0.15) is 5.52 Å². The SMILES string of the molecule is Cc1nc2ccc(CN(C)CCO)cc2o1. The summed E-state index contributed by atoms with van der Waals surface area (Å²) in [6.07, 6.45) is 0. The minimum absolute atomic E-state index is 0.181. The highest BCUT2D eigenvalue weighted by atomic mass is 16.3. The first-order chi connectivity index (χ1) is 7.69. The van der Waals surface area contributed by atoms with Gasteiger partial charge >= 0.3 is 0 Å². The molecule has 0 amide bonds. The molecule has 0 radical (unpaired) electrons. The number of benzene rings is 1. The van der Waals surface area contributed by atoms with Gasteiger partial charge in [-0.2, -0.15) is 0 Å². The highest BCUT2D eigenvalue weighted by Gasteiger charge is 2.04. The Labute approximate surface area is 94.5 Å². The van der Waals surface area contributed by atoms with Crippen LogP contribution in [0.25, 0.3) is 11.1 Å². The van der Waals surface area contributed by atoms with E-state index >= 15 is 0 Å². The number of aliphatic hydroxyl groups excluding tert-OH is 1. The number of rotatable bonds is 4. The lowest BCUT2D eigenvalue weighted by molar-refractivity contribution is 0.217. The van der Waals surface area contributed by atoms with Crippen molar-refractivity contribution in [1.82, 2.24) is 9.88 Å². The zero-order chi connectivity index (χ0) is 11.5. The molecule has 0 atom stereocenters. The van der Waals surface area contributed by atoms with Gasteiger partial charge in [-0.1, -0.05) is 6.07 Å². The van der Waals surface area contributed by atoms with Crippen LogP contribution in [0, 0.1) is 6.92 Å². The predicted octanol–water partition coefficient (Wildman–Crippen LogP) is 1.56. The van der Waals surface area contributed by atoms with Crippen LogP contribution in [0.3, 0.4) is 0 Å². The average Bonchev–Trinajstić information content (AvgIpc) is 2.57. The molecular weight excluding hydrogens is 204 g/mol. The van der Waals surface area contributed by atoms with E-state index in [1.807, 2.05) is 32.2 Å². The zero-order valence-electron chi connectivity index (χ0n) is 9.60. The van der Waals surface area contributed by atoms with Crippen LogP contribution in [-0.4, -0.2) is 35.2 Å². The van der Waals surface area contributed by atoms with E-state index in [0.717, 1.165) is 17.6 Å². The van der Waals surface area contributed by atoms with Gasteiger partial charge in [0.05, 0.1) is 6.61 Å². The number of aryl methyl sites for hydroxylation is 1. The van der Waals surface area contributed by atoms with E-state index in [1.54, 1.807) is 0 Å². The van der Waals surface area contributed by atoms with E-state index in [9.17, 15) is 0 Å². The summed E-state index contributed by atoms with van der Waals surface area (Å²) in [7, 11) is 1.98. The number of aliphatic hydroxyl groups is 1. The summed E-state index contributed by atoms with van der Waals surface area (Å²) in [4.78, 5) is 6.31. The Morgan fingerprint density at radius 2 is 2.25 bits per heavy atom. The molecule has 1 heterocycles. The minimum atomic E-state index is 0.181. The lowest BCUT2D eigenvalue weighted by Gasteiger charge is -2.14. The number of oxazole rings is 1. The molecule has 0 aliphatic carbocycles. The summed E-state index contributed by atoms with van der Waals surface area (Å²) >= 11 is 0. The van der Waals surface area contributed by atoms with Gasteiger partial charge < -0.3 is 9.52 Å². The Kier molecular flexibility index (Phi) is 3.22. The standard InChI is InChI=1S/C12H16N2O2/c1-9-13-11-4-3-10(7-12(11)16-9)8-14(2)5-6-15/h3-4,7,15H,5-6,8H2,1-2H3. The molecule has 2 rings (SSSR count). The molecule has 0 spiro atoms. The van der Waals surface area contributed by atoms with Crippen LogP contribution < -0.4 is 0 Å². The highest BCUT2D eigenvalue weighted by molar-refractivity contribution is 5.73. The van der Waals surface area contributed by atoms with Crippen molar-refractivity contribution in [2.45, 2.75) is 13.5 Å². The van der Waals surface area contributed by atoms with Crippen molar-refractivity contribution >= 4 is 11.1 Å². The molecule has 4 heteroatoms. The highest BCUT2D eigenvalue weighted by Crippen LogP contribution is 2.17. The molecule has 0 unspecified atom stereocenters. The second-order valence-corrected chi connectivity index (χ2v) is 4.00. The quantitative estimate of drug-likeness (QED) is 0.849. The van der Waals surface area contributed by atoms with Gasteiger partial charge in [-0.3, -0.25) is 4.90 Å². The summed E-state index contributed by atoms with van der Waals surface area (Å²) in [6, 6.07) is 6.01. The van der Waals surface area contributed by atoms with Crippen molar-refractivity contribution in [2.24, 2.45) is 0 Å². The third-order valence-electron chi connectivity index (χ3n) is 2.49. The van der Waals surface area contributed by atoms with Gasteiger partial charge in [0.25, 0.3) is 0 Å². The lowest BCUT2D eigenvalue weighted by atomic mass is 10.2. The van der Waals surface area contributed by atoms with Gasteiger partial charge in [-0.15, -0.1) is 0 Å². The topological polar surface area (TPSA) is 49.5 Å². The van der Waals surface area contributed by atoms with Crippen molar-refractivity contribution in [3.8, 4) is 0 Å². The maximum absolute atomic E-state index is 8.82. The number of aromatic nitrogens is 1. The van der Waals surface area contributed by atoms with Crippen LogP contribution in [0.5, 0.6) is 0 Å². The summed E-state index contributed by atoms with van der Waals surface area (Å²) < 4.78 is 5.47. The summed E-state index contributed by atoms with van der Waals surface area (Å²) in [6.45, 7) is 3.50. The van der Waals surface area contributed by atoms with Crippen LogP contribution in [0.4, 0.5) is 0 Å². The van der Waals surface area contributed by atoms with Crippen molar-refractivity contribution in [1.29, 1.82) is 0 Å². The molecule has 1 aromatic heterocycles. The molecule has 2 aromatic rings. The van der Waals surface area contributed by atoms with Crippen LogP contribution in [0.2, 0.25) is 0 Å². The monoisotopic (exact) mass is 220 g/mol. The predicted molar refractivity (Wildman–Crippen MR) is 62.2 cm³/mol. The molecule has 16 heavy (non-hydrogen) atoms. The Balaban J connectivity index is 2.18. The molecule has 0 saturated heterocycles. The number of fused-ring (bicyclic) bond motifs is 1. The largest absolute Gasteiger partial charge is 0.441 e. The van der Waals surface area contributed by atoms with Crippen LogP contribution in [0.15, 0.2) is 22.6 Å². The maximum atomic E-state index is 8.82. The van der Waals surface area contributed by atoms with E-state index in [-0.39, 0.29) is 6.61 Å². The third-order valence-corrected chi connectivity index (χ3v) is 2.49. The zero-order valence-corrected chi connectivity index (χ0v) is 9.60. The molecule has 0 aliphatic heterocycles. The van der Waals surface area contributed by atoms with Gasteiger partial charge in [-0.05, 0) is 24.7 Å². The lowest BCUT2D eigenvalue weighted by Crippen LogP contribution is -2.21. The molecule has 0 bridgehead atoms. The summed E-state index contributed by atoms with van der Waals surface area (Å²) in [5.41, 5.74) is 2.89. The average molecular weight is 220 g/mol. The first kappa shape index (κ1) is 11.1. The number of nitrogens with zero attached hydrogens (tertiary/aromatic N) is 2. The fourth-order valence-corrected chi connectivity index (χ4v) is 1.74. The fraction of sp³-hybridized carbons (Fsp3) is 0.417. The van der Waals surface area contributed by atoms with Crippen LogP contribution in [-0.2, 0) is 6.54 Å². The van der Waals surface area contributed by atoms with Crippen LogP contribution in [0.1, 0.15) is 11.5 Å². The molecule has 0 aliphatic rings. The van der Waals surface area contributed by atoms with Gasteiger partial charge in [0.15, 0.2) is 11.5 Å². The number of hydrogen-bond donors (Lipinski definition) is 1. The Bertz CT molecular complexity index is 479. The Hall–Kier alpha value is -1.39. The molecule has 1 aromatic carbocycles. The molecular formula is C12H16N2O2. The number of likely N-dealkylation sites (N-methyl/N-ethyl adjacent to an activating group) is 1. The smallest absolute Gasteiger partial charge is 0.192 e. The van der Waals surface area contributed by atoms with Crippen molar-refractivity contribution in [3.63, 3.8) is 0 Å². The van der Waals surface area contributed by atoms with Crippen molar-refractivity contribution in [3.05, 3.63) is 29.7 Å². The van der Waals surface area contributed by atoms with Crippen LogP contribution >= 0.6 is 0 Å². The van der Waals surface area contributed by atoms with Crippen molar-refractivity contribution in [2.75, 3.05) is 20.2 Å². The third kappa shape index (κ3) is 2.40. The second-order valence-electron chi connectivity index (χ2n) is 4.00.